The second-order valence-corrected chi connectivity index (χ2v) is 17.7. The van der Waals surface area contributed by atoms with E-state index in [9.17, 15) is 0 Å². The van der Waals surface area contributed by atoms with Crippen LogP contribution in [0, 0.1) is 0 Å². The first kappa shape index (κ1) is 46.3. The van der Waals surface area contributed by atoms with Crippen molar-refractivity contribution >= 4 is 74.9 Å². The predicted octanol–water partition coefficient (Wildman–Crippen LogP) is 9.82. The molecule has 60 heavy (non-hydrogen) atoms. The van der Waals surface area contributed by atoms with Gasteiger partial charge in [-0.05, 0) is 89.2 Å². The monoisotopic (exact) mass is 944 g/mol. The van der Waals surface area contributed by atoms with Gasteiger partial charge in [0.05, 0.1) is 0 Å². The van der Waals surface area contributed by atoms with Gasteiger partial charge in [-0.15, -0.1) is 0 Å². The summed E-state index contributed by atoms with van der Waals surface area (Å²) in [6, 6.07) is 49.9. The Bertz CT molecular complexity index is 2210. The zero-order valence-electron chi connectivity index (χ0n) is 33.3. The maximum absolute atomic E-state index is 8.74. The van der Waals surface area contributed by atoms with Crippen molar-refractivity contribution < 1.29 is 10.0 Å². The molecule has 2 saturated heterocycles. The van der Waals surface area contributed by atoms with E-state index in [4.69, 9.17) is 56.5 Å². The summed E-state index contributed by atoms with van der Waals surface area (Å²) in [4.78, 5) is 5.08. The number of nitrogens with zero attached hydrogens (tertiary/aromatic N) is 2. The highest BCUT2D eigenvalue weighted by Crippen LogP contribution is 2.31. The van der Waals surface area contributed by atoms with Crippen LogP contribution in [0.1, 0.15) is 22.3 Å². The number of hydrogen-bond donors (Lipinski definition) is 4. The molecule has 12 heteroatoms. The molecule has 0 amide bonds. The number of piperazine rings is 2. The molecule has 2 heterocycles. The van der Waals surface area contributed by atoms with Crippen molar-refractivity contribution in [3.05, 3.63) is 192 Å². The molecule has 6 aromatic rings. The lowest BCUT2D eigenvalue weighted by Gasteiger charge is -2.34. The highest BCUT2D eigenvalue weighted by molar-refractivity contribution is 9.10. The minimum absolute atomic E-state index is 0.221. The molecule has 2 aliphatic rings. The molecule has 2 aliphatic heterocycles. The van der Waals surface area contributed by atoms with E-state index in [1.54, 1.807) is 6.07 Å². The lowest BCUT2D eigenvalue weighted by Crippen LogP contribution is -2.51. The van der Waals surface area contributed by atoms with Crippen molar-refractivity contribution in [1.29, 1.82) is 0 Å². The van der Waals surface area contributed by atoms with E-state index in [0.717, 1.165) is 85.8 Å². The van der Waals surface area contributed by atoms with E-state index in [1.165, 1.54) is 34.4 Å². The molecule has 4 N–H and O–H groups in total. The number of halogens is 5. The Morgan fingerprint density at radius 2 is 1.02 bits per heavy atom. The fourth-order valence-electron chi connectivity index (χ4n) is 7.47. The number of rotatable bonds is 10. The maximum Gasteiger partial charge on any atom is 0.490 e. The average Bonchev–Trinajstić information content (AvgIpc) is 3.25. The number of benzene rings is 6. The lowest BCUT2D eigenvalue weighted by atomic mass is 9.80. The summed E-state index contributed by atoms with van der Waals surface area (Å²) >= 11 is 27.1. The third-order valence-electron chi connectivity index (χ3n) is 10.5. The third-order valence-corrected chi connectivity index (χ3v) is 12.2. The highest BCUT2D eigenvalue weighted by atomic mass is 79.9. The van der Waals surface area contributed by atoms with Crippen LogP contribution >= 0.6 is 62.3 Å². The second-order valence-electron chi connectivity index (χ2n) is 15.1. The summed E-state index contributed by atoms with van der Waals surface area (Å²) < 4.78 is 1.15. The lowest BCUT2D eigenvalue weighted by molar-refractivity contribution is 0.192. The topological polar surface area (TPSA) is 71.0 Å². The Morgan fingerprint density at radius 1 is 0.550 bits per heavy atom. The molecule has 0 bridgehead atoms. The fourth-order valence-corrected chi connectivity index (χ4v) is 8.53. The van der Waals surface area contributed by atoms with E-state index in [2.05, 4.69) is 146 Å². The molecule has 0 spiro atoms. The molecule has 8 rings (SSSR count). The van der Waals surface area contributed by atoms with Gasteiger partial charge in [-0.1, -0.05) is 159 Å². The van der Waals surface area contributed by atoms with Crippen LogP contribution in [0.4, 0.5) is 0 Å². The van der Waals surface area contributed by atoms with Gasteiger partial charge in [-0.2, -0.15) is 0 Å². The zero-order valence-corrected chi connectivity index (χ0v) is 37.9. The third kappa shape index (κ3) is 15.0. The standard InChI is InChI=1S/C24H24Cl2N2.C18H21BrN2.C6H5BCl2O2/c25-21-10-11-24(26)23(15-21)20-8-6-19(7-9-20)16-28-13-12-27-22(17-28)14-18-4-2-1-3-5-18;19-17-8-6-16(7-9-17)13-21-11-10-20-18(14-21)12-15-4-2-1-3-5-15;8-4-1-2-6(9)5(3-4)7(10)11/h1-11,15,22,27H,12-14,16-17H2;1-9,18,20H,10-14H2;1-3,10-11H/t22-;18-;/m11./s1. The van der Waals surface area contributed by atoms with Crippen molar-refractivity contribution in [3.63, 3.8) is 0 Å². The molecular weight excluding hydrogens is 897 g/mol. The maximum atomic E-state index is 8.74. The first-order valence-corrected chi connectivity index (χ1v) is 22.5. The van der Waals surface area contributed by atoms with E-state index >= 15 is 0 Å². The van der Waals surface area contributed by atoms with Gasteiger partial charge >= 0.3 is 7.12 Å². The normalized spacial score (nSPS) is 16.9. The van der Waals surface area contributed by atoms with Crippen molar-refractivity contribution in [2.75, 3.05) is 39.3 Å². The summed E-state index contributed by atoms with van der Waals surface area (Å²) in [6.45, 7) is 8.51. The van der Waals surface area contributed by atoms with Gasteiger partial charge in [0.15, 0.2) is 0 Å². The molecule has 0 aromatic heterocycles. The molecule has 2 atom stereocenters. The first-order valence-electron chi connectivity index (χ1n) is 20.2. The molecule has 6 aromatic carbocycles. The smallest absolute Gasteiger partial charge is 0.423 e. The van der Waals surface area contributed by atoms with Crippen LogP contribution in [0.2, 0.25) is 20.1 Å². The molecule has 0 saturated carbocycles. The summed E-state index contributed by atoms with van der Waals surface area (Å²) in [5.74, 6) is 0. The van der Waals surface area contributed by atoms with E-state index in [1.807, 2.05) is 18.2 Å². The van der Waals surface area contributed by atoms with Gasteiger partial charge in [0.25, 0.3) is 0 Å². The van der Waals surface area contributed by atoms with E-state index < -0.39 is 7.12 Å². The van der Waals surface area contributed by atoms with Crippen molar-refractivity contribution in [2.45, 2.75) is 38.0 Å². The van der Waals surface area contributed by atoms with Crippen LogP contribution in [0.3, 0.4) is 0 Å². The Balaban J connectivity index is 0.000000166. The number of hydrogen-bond acceptors (Lipinski definition) is 6. The van der Waals surface area contributed by atoms with Gasteiger partial charge in [0, 0.05) is 100 Å². The van der Waals surface area contributed by atoms with Crippen LogP contribution in [0.15, 0.2) is 150 Å². The predicted molar refractivity (Wildman–Crippen MR) is 257 cm³/mol. The van der Waals surface area contributed by atoms with E-state index in [-0.39, 0.29) is 5.46 Å². The van der Waals surface area contributed by atoms with Crippen LogP contribution in [0.25, 0.3) is 11.1 Å². The van der Waals surface area contributed by atoms with Gasteiger partial charge in [-0.3, -0.25) is 9.80 Å². The molecule has 6 nitrogen and oxygen atoms in total. The van der Waals surface area contributed by atoms with Gasteiger partial charge in [0.1, 0.15) is 0 Å². The molecule has 312 valence electrons. The summed E-state index contributed by atoms with van der Waals surface area (Å²) in [6.07, 6.45) is 2.18. The van der Waals surface area contributed by atoms with Gasteiger partial charge in [-0.25, -0.2) is 0 Å². The van der Waals surface area contributed by atoms with Crippen LogP contribution in [-0.4, -0.2) is 78.3 Å². The SMILES string of the molecule is Brc1ccc(CN2CCN[C@H](Cc3ccccc3)C2)cc1.Clc1ccc(Cl)c(-c2ccc(CN3CCN[C@H](Cc4ccccc4)C3)cc2)c1.OB(O)c1cc(Cl)ccc1Cl. The molecular formula is C48H50BBrCl4N4O2. The average molecular weight is 947 g/mol. The Hall–Kier alpha value is -3.22. The highest BCUT2D eigenvalue weighted by Gasteiger charge is 2.21. The zero-order chi connectivity index (χ0) is 42.3. The molecule has 0 unspecified atom stereocenters. The Kier molecular flexibility index (Phi) is 18.4. The van der Waals surface area contributed by atoms with Crippen LogP contribution in [-0.2, 0) is 25.9 Å². The van der Waals surface area contributed by atoms with Crippen LogP contribution in [0.5, 0.6) is 0 Å². The minimum Gasteiger partial charge on any atom is -0.423 e. The van der Waals surface area contributed by atoms with Crippen molar-refractivity contribution in [3.8, 4) is 11.1 Å². The molecule has 0 aliphatic carbocycles. The second kappa shape index (κ2) is 23.9. The molecule has 0 radical (unpaired) electrons. The largest absolute Gasteiger partial charge is 0.490 e. The van der Waals surface area contributed by atoms with Crippen LogP contribution < -0.4 is 16.1 Å². The van der Waals surface area contributed by atoms with Gasteiger partial charge < -0.3 is 20.7 Å². The minimum atomic E-state index is -1.57. The Morgan fingerprint density at radius 3 is 1.50 bits per heavy atom. The van der Waals surface area contributed by atoms with Gasteiger partial charge in [0.2, 0.25) is 0 Å². The Labute approximate surface area is 383 Å². The molecule has 2 fully saturated rings. The summed E-state index contributed by atoms with van der Waals surface area (Å²) in [7, 11) is -1.57. The fraction of sp³-hybridized carbons (Fsp3) is 0.250. The van der Waals surface area contributed by atoms with E-state index in [0.29, 0.717) is 27.2 Å². The quantitative estimate of drug-likeness (QED) is 0.103. The summed E-state index contributed by atoms with van der Waals surface area (Å²) in [5.41, 5.74) is 7.81. The van der Waals surface area contributed by atoms with Crippen molar-refractivity contribution in [2.24, 2.45) is 0 Å². The summed E-state index contributed by atoms with van der Waals surface area (Å²) in [5, 5.41) is 26.9. The van der Waals surface area contributed by atoms with Crippen molar-refractivity contribution in [1.82, 2.24) is 20.4 Å². The first-order chi connectivity index (χ1) is 29.1. The number of nitrogens with one attached hydrogen (secondary N) is 2.